The topological polar surface area (TPSA) is 145 Å². The van der Waals surface area contributed by atoms with Gasteiger partial charge in [0.2, 0.25) is 0 Å². The van der Waals surface area contributed by atoms with Crippen molar-refractivity contribution in [1.82, 2.24) is 0 Å². The van der Waals surface area contributed by atoms with Crippen molar-refractivity contribution in [3.63, 3.8) is 0 Å². The first-order valence-corrected chi connectivity index (χ1v) is 11.9. The Kier molecular flexibility index (Phi) is 7.50. The fourth-order valence-corrected chi connectivity index (χ4v) is 4.63. The molecule has 0 unspecified atom stereocenters. The Morgan fingerprint density at radius 3 is 2.34 bits per heavy atom. The van der Waals surface area contributed by atoms with E-state index in [4.69, 9.17) is 4.74 Å². The number of ether oxygens (including phenoxy) is 1. The van der Waals surface area contributed by atoms with Crippen LogP contribution in [-0.4, -0.2) is 31.8 Å². The minimum absolute atomic E-state index is 0.110. The molecule has 35 heavy (non-hydrogen) atoms. The maximum atomic E-state index is 12.7. The zero-order valence-electron chi connectivity index (χ0n) is 19.2. The molecule has 10 nitrogen and oxygen atoms in total. The fourth-order valence-electron chi connectivity index (χ4n) is 3.24. The van der Waals surface area contributed by atoms with Gasteiger partial charge in [-0.15, -0.1) is 0 Å². The second-order valence-corrected chi connectivity index (χ2v) is 9.43. The van der Waals surface area contributed by atoms with E-state index in [0.29, 0.717) is 5.56 Å². The number of sulfonamides is 1. The number of nitro benzene ring substituents is 1. The molecule has 0 fully saturated rings. The Labute approximate surface area is 202 Å². The molecule has 0 aromatic heterocycles. The van der Waals surface area contributed by atoms with Crippen molar-refractivity contribution >= 4 is 39.0 Å². The maximum Gasteiger partial charge on any atom is 0.338 e. The van der Waals surface area contributed by atoms with Crippen molar-refractivity contribution < 1.29 is 27.7 Å². The highest BCUT2D eigenvalue weighted by atomic mass is 32.2. The first-order valence-electron chi connectivity index (χ1n) is 10.4. The standard InChI is InChI=1S/C24H23N3O7S/c1-15-7-8-16(2)22(13-15)35(32,33)26-19-11-9-18(10-12-19)24(29)34-14-23(28)25-20-5-4-6-21(17(20)3)27(30)31/h4-13,26H,14H2,1-3H3,(H,25,28). The van der Waals surface area contributed by atoms with Crippen LogP contribution in [0.1, 0.15) is 27.0 Å². The van der Waals surface area contributed by atoms with E-state index >= 15 is 0 Å². The average molecular weight is 498 g/mol. The summed E-state index contributed by atoms with van der Waals surface area (Å²) >= 11 is 0. The highest BCUT2D eigenvalue weighted by molar-refractivity contribution is 7.92. The number of nitrogens with one attached hydrogen (secondary N) is 2. The van der Waals surface area contributed by atoms with Gasteiger partial charge in [-0.2, -0.15) is 0 Å². The number of hydrogen-bond donors (Lipinski definition) is 2. The Hall–Kier alpha value is -4.25. The van der Waals surface area contributed by atoms with Crippen LogP contribution in [0.5, 0.6) is 0 Å². The van der Waals surface area contributed by atoms with Crippen LogP contribution < -0.4 is 10.0 Å². The smallest absolute Gasteiger partial charge is 0.338 e. The molecular weight excluding hydrogens is 474 g/mol. The van der Waals surface area contributed by atoms with Gasteiger partial charge in [0, 0.05) is 11.8 Å². The summed E-state index contributed by atoms with van der Waals surface area (Å²) in [5, 5.41) is 13.5. The van der Waals surface area contributed by atoms with E-state index in [9.17, 15) is 28.1 Å². The molecule has 3 aromatic carbocycles. The molecule has 0 heterocycles. The molecule has 0 aliphatic rings. The summed E-state index contributed by atoms with van der Waals surface area (Å²) in [5.74, 6) is -1.46. The van der Waals surface area contributed by atoms with Gasteiger partial charge in [0.25, 0.3) is 21.6 Å². The number of aryl methyl sites for hydroxylation is 2. The lowest BCUT2D eigenvalue weighted by Gasteiger charge is -2.12. The highest BCUT2D eigenvalue weighted by Gasteiger charge is 2.18. The molecule has 3 rings (SSSR count). The van der Waals surface area contributed by atoms with Crippen LogP contribution >= 0.6 is 0 Å². The summed E-state index contributed by atoms with van der Waals surface area (Å²) in [6, 6.07) is 14.9. The third-order valence-corrected chi connectivity index (χ3v) is 6.64. The molecule has 0 saturated heterocycles. The summed E-state index contributed by atoms with van der Waals surface area (Å²) in [5.41, 5.74) is 2.13. The number of carbonyl (C=O) groups excluding carboxylic acids is 2. The monoisotopic (exact) mass is 497 g/mol. The summed E-state index contributed by atoms with van der Waals surface area (Å²) in [6.45, 7) is 4.38. The molecule has 0 radical (unpaired) electrons. The number of carbonyl (C=O) groups is 2. The Bertz CT molecular complexity index is 1400. The Morgan fingerprint density at radius 1 is 1.00 bits per heavy atom. The van der Waals surface area contributed by atoms with Crippen LogP contribution in [0.4, 0.5) is 17.1 Å². The zero-order chi connectivity index (χ0) is 25.8. The molecule has 0 saturated carbocycles. The lowest BCUT2D eigenvalue weighted by atomic mass is 10.1. The number of amides is 1. The third kappa shape index (κ3) is 6.21. The first kappa shape index (κ1) is 25.4. The third-order valence-electron chi connectivity index (χ3n) is 5.12. The van der Waals surface area contributed by atoms with Gasteiger partial charge in [0.15, 0.2) is 6.61 Å². The SMILES string of the molecule is Cc1ccc(C)c(S(=O)(=O)Nc2ccc(C(=O)OCC(=O)Nc3cccc([N+](=O)[O-])c3C)cc2)c1. The molecular formula is C24H23N3O7S. The number of benzene rings is 3. The van der Waals surface area contributed by atoms with Crippen LogP contribution in [0.2, 0.25) is 0 Å². The van der Waals surface area contributed by atoms with Crippen LogP contribution in [0.15, 0.2) is 65.6 Å². The molecule has 182 valence electrons. The summed E-state index contributed by atoms with van der Waals surface area (Å²) in [6.07, 6.45) is 0. The van der Waals surface area contributed by atoms with Crippen molar-refractivity contribution in [2.75, 3.05) is 16.6 Å². The minimum atomic E-state index is -3.82. The van der Waals surface area contributed by atoms with Crippen LogP contribution in [-0.2, 0) is 19.6 Å². The summed E-state index contributed by atoms with van der Waals surface area (Å²) in [7, 11) is -3.82. The van der Waals surface area contributed by atoms with Gasteiger partial charge in [-0.05, 0) is 68.3 Å². The summed E-state index contributed by atoms with van der Waals surface area (Å²) in [4.78, 5) is 35.0. The number of nitrogens with zero attached hydrogens (tertiary/aromatic N) is 1. The second kappa shape index (κ2) is 10.3. The number of rotatable bonds is 8. The molecule has 0 bridgehead atoms. The summed E-state index contributed by atoms with van der Waals surface area (Å²) < 4.78 is 32.9. The number of anilines is 2. The van der Waals surface area contributed by atoms with Crippen LogP contribution in [0.25, 0.3) is 0 Å². The van der Waals surface area contributed by atoms with Crippen molar-refractivity contribution in [1.29, 1.82) is 0 Å². The largest absolute Gasteiger partial charge is 0.452 e. The van der Waals surface area contributed by atoms with Crippen molar-refractivity contribution in [2.24, 2.45) is 0 Å². The molecule has 11 heteroatoms. The zero-order valence-corrected chi connectivity index (χ0v) is 20.0. The van der Waals surface area contributed by atoms with E-state index < -0.39 is 33.4 Å². The predicted octanol–water partition coefficient (Wildman–Crippen LogP) is 4.12. The van der Waals surface area contributed by atoms with Gasteiger partial charge < -0.3 is 10.1 Å². The van der Waals surface area contributed by atoms with Gasteiger partial charge in [-0.3, -0.25) is 19.6 Å². The second-order valence-electron chi connectivity index (χ2n) is 7.78. The predicted molar refractivity (Wildman–Crippen MR) is 130 cm³/mol. The van der Waals surface area contributed by atoms with E-state index in [0.717, 1.165) is 5.56 Å². The van der Waals surface area contributed by atoms with E-state index in [1.54, 1.807) is 26.0 Å². The van der Waals surface area contributed by atoms with Crippen molar-refractivity contribution in [3.8, 4) is 0 Å². The van der Waals surface area contributed by atoms with Gasteiger partial charge in [-0.25, -0.2) is 13.2 Å². The first-order chi connectivity index (χ1) is 16.5. The minimum Gasteiger partial charge on any atom is -0.452 e. The molecule has 1 amide bonds. The molecule has 0 spiro atoms. The number of hydrogen-bond acceptors (Lipinski definition) is 7. The van der Waals surface area contributed by atoms with Crippen molar-refractivity contribution in [2.45, 2.75) is 25.7 Å². The molecule has 0 atom stereocenters. The molecule has 2 N–H and O–H groups in total. The van der Waals surface area contributed by atoms with E-state index in [2.05, 4.69) is 10.0 Å². The van der Waals surface area contributed by atoms with Gasteiger partial charge in [-0.1, -0.05) is 18.2 Å². The maximum absolute atomic E-state index is 12.7. The van der Waals surface area contributed by atoms with Crippen LogP contribution in [0.3, 0.4) is 0 Å². The highest BCUT2D eigenvalue weighted by Crippen LogP contribution is 2.25. The Balaban J connectivity index is 1.60. The lowest BCUT2D eigenvalue weighted by molar-refractivity contribution is -0.385. The van der Waals surface area contributed by atoms with E-state index in [1.165, 1.54) is 49.4 Å². The Morgan fingerprint density at radius 2 is 1.69 bits per heavy atom. The lowest BCUT2D eigenvalue weighted by Crippen LogP contribution is -2.21. The van der Waals surface area contributed by atoms with E-state index in [1.807, 2.05) is 6.07 Å². The number of nitro groups is 1. The van der Waals surface area contributed by atoms with Gasteiger partial charge >= 0.3 is 5.97 Å². The van der Waals surface area contributed by atoms with Crippen LogP contribution in [0, 0.1) is 30.9 Å². The van der Waals surface area contributed by atoms with Gasteiger partial charge in [0.1, 0.15) is 0 Å². The molecule has 3 aromatic rings. The van der Waals surface area contributed by atoms with E-state index in [-0.39, 0.29) is 33.1 Å². The quantitative estimate of drug-likeness (QED) is 0.270. The average Bonchev–Trinajstić information content (AvgIpc) is 2.80. The number of esters is 1. The normalized spacial score (nSPS) is 10.9. The molecule has 0 aliphatic carbocycles. The van der Waals surface area contributed by atoms with Crippen molar-refractivity contribution in [3.05, 3.63) is 93.0 Å². The molecule has 0 aliphatic heterocycles. The fraction of sp³-hybridized carbons (Fsp3) is 0.167. The van der Waals surface area contributed by atoms with Gasteiger partial charge in [0.05, 0.1) is 26.6 Å².